The molecule has 2 unspecified atom stereocenters. The molecule has 2 aromatic carbocycles. The number of benzene rings is 2. The summed E-state index contributed by atoms with van der Waals surface area (Å²) >= 11 is 0. The molecule has 5 heterocycles. The molecule has 2 atom stereocenters. The van der Waals surface area contributed by atoms with Crippen LogP contribution in [0.2, 0.25) is 0 Å². The van der Waals surface area contributed by atoms with Crippen LogP contribution in [0.25, 0.3) is 28.0 Å². The van der Waals surface area contributed by atoms with E-state index >= 15 is 0 Å². The number of piperidine rings is 1. The first-order valence-electron chi connectivity index (χ1n) is 17.6. The minimum absolute atomic E-state index is 0.209. The Hall–Kier alpha value is -4.02. The van der Waals surface area contributed by atoms with Gasteiger partial charge >= 0.3 is 5.97 Å². The number of fused-ring (bicyclic) bond motifs is 8. The molecule has 0 radical (unpaired) electrons. The number of methoxy groups -OCH3 is 1. The number of hydrogen-bond donors (Lipinski definition) is 0. The van der Waals surface area contributed by atoms with Gasteiger partial charge in [-0.2, -0.15) is 0 Å². The zero-order valence-electron chi connectivity index (χ0n) is 30.5. The fraction of sp³-hybridized carbons (Fsp3) is 0.500. The van der Waals surface area contributed by atoms with Crippen LogP contribution in [0.1, 0.15) is 89.5 Å². The zero-order chi connectivity index (χ0) is 36.0. The van der Waals surface area contributed by atoms with E-state index in [4.69, 9.17) is 23.9 Å². The summed E-state index contributed by atoms with van der Waals surface area (Å²) in [6.07, 6.45) is 4.86. The van der Waals surface area contributed by atoms with E-state index in [1.807, 2.05) is 72.0 Å². The van der Waals surface area contributed by atoms with E-state index < -0.39 is 29.3 Å². The molecule has 0 saturated carbocycles. The van der Waals surface area contributed by atoms with Gasteiger partial charge in [0, 0.05) is 48.6 Å². The highest BCUT2D eigenvalue weighted by Gasteiger charge is 2.38. The molecule has 3 aliphatic rings. The van der Waals surface area contributed by atoms with Crippen molar-refractivity contribution in [3.05, 3.63) is 70.9 Å². The Morgan fingerprint density at radius 1 is 1.04 bits per heavy atom. The van der Waals surface area contributed by atoms with Crippen molar-refractivity contribution in [2.24, 2.45) is 0 Å². The predicted molar refractivity (Wildman–Crippen MR) is 191 cm³/mol. The summed E-state index contributed by atoms with van der Waals surface area (Å²) in [6.45, 7) is 16.0. The van der Waals surface area contributed by atoms with Crippen molar-refractivity contribution < 1.29 is 32.5 Å². The number of nitrogens with zero attached hydrogens (tertiary/aromatic N) is 3. The van der Waals surface area contributed by atoms with Gasteiger partial charge < -0.3 is 23.8 Å². The molecular weight excluding hydrogens is 640 g/mol. The van der Waals surface area contributed by atoms with E-state index in [0.717, 1.165) is 71.9 Å². The van der Waals surface area contributed by atoms with Gasteiger partial charge in [0.25, 0.3) is 0 Å². The van der Waals surface area contributed by atoms with E-state index in [1.165, 1.54) is 13.2 Å². The summed E-state index contributed by atoms with van der Waals surface area (Å²) in [4.78, 5) is 21.0. The average Bonchev–Trinajstić information content (AvgIpc) is 3.52. The molecule has 6 bridgehead atoms. The van der Waals surface area contributed by atoms with Crippen molar-refractivity contribution in [1.82, 2.24) is 9.38 Å². The lowest BCUT2D eigenvalue weighted by Crippen LogP contribution is -2.45. The van der Waals surface area contributed by atoms with Gasteiger partial charge in [0.15, 0.2) is 17.7 Å². The van der Waals surface area contributed by atoms with Gasteiger partial charge in [0.2, 0.25) is 0 Å². The Labute approximate surface area is 293 Å². The molecule has 0 amide bonds. The number of esters is 1. The Morgan fingerprint density at radius 2 is 1.74 bits per heavy atom. The van der Waals surface area contributed by atoms with Crippen molar-refractivity contribution in [1.29, 1.82) is 0 Å². The maximum Gasteiger partial charge on any atom is 0.339 e. The maximum absolute atomic E-state index is 14.7. The molecule has 1 saturated heterocycles. The fourth-order valence-corrected chi connectivity index (χ4v) is 7.10. The van der Waals surface area contributed by atoms with E-state index in [9.17, 15) is 13.6 Å². The SMILES string of the molecule is COC(=O)C(OC(C)(C)C)c1c(C)c(C)c2nc3cn2c1N1CCC(C)(CC1)OCCCCC(C)Oc1cc(F)c(F)cc1-c1cccc-3c1. The Bertz CT molecular complexity index is 1890. The van der Waals surface area contributed by atoms with Crippen molar-refractivity contribution in [3.8, 4) is 28.1 Å². The first-order chi connectivity index (χ1) is 23.7. The summed E-state index contributed by atoms with van der Waals surface area (Å²) in [6, 6.07) is 9.96. The molecule has 10 heteroatoms. The number of pyridine rings is 1. The Balaban J connectivity index is 1.58. The number of aryl methyl sites for hydroxylation is 1. The van der Waals surface area contributed by atoms with Gasteiger partial charge in [-0.1, -0.05) is 18.2 Å². The van der Waals surface area contributed by atoms with E-state index in [2.05, 4.69) is 16.2 Å². The number of aromatic nitrogens is 2. The van der Waals surface area contributed by atoms with Crippen molar-refractivity contribution in [2.45, 2.75) is 104 Å². The number of ether oxygens (including phenoxy) is 4. The van der Waals surface area contributed by atoms with Gasteiger partial charge in [-0.25, -0.2) is 18.6 Å². The van der Waals surface area contributed by atoms with E-state index in [1.54, 1.807) is 0 Å². The highest BCUT2D eigenvalue weighted by molar-refractivity contribution is 5.82. The summed E-state index contributed by atoms with van der Waals surface area (Å²) < 4.78 is 55.9. The van der Waals surface area contributed by atoms with Crippen LogP contribution in [-0.2, 0) is 19.0 Å². The summed E-state index contributed by atoms with van der Waals surface area (Å²) in [5.74, 6) is -1.24. The lowest BCUT2D eigenvalue weighted by molar-refractivity contribution is -0.164. The molecule has 8 nitrogen and oxygen atoms in total. The molecule has 0 N–H and O–H groups in total. The van der Waals surface area contributed by atoms with E-state index in [0.29, 0.717) is 36.5 Å². The number of carbonyl (C=O) groups is 1. The van der Waals surface area contributed by atoms with Gasteiger partial charge in [-0.05, 0) is 109 Å². The smallest absolute Gasteiger partial charge is 0.339 e. The van der Waals surface area contributed by atoms with Crippen molar-refractivity contribution in [2.75, 3.05) is 31.7 Å². The fourth-order valence-electron chi connectivity index (χ4n) is 7.10. The molecule has 2 aromatic heterocycles. The van der Waals surface area contributed by atoms with Crippen molar-refractivity contribution >= 4 is 17.4 Å². The number of carbonyl (C=O) groups excluding carboxylic acids is 1. The molecule has 1 fully saturated rings. The topological polar surface area (TPSA) is 74.5 Å². The van der Waals surface area contributed by atoms with Gasteiger partial charge in [0.05, 0.1) is 30.1 Å². The number of rotatable bonds is 3. The van der Waals surface area contributed by atoms with Crippen LogP contribution >= 0.6 is 0 Å². The zero-order valence-corrected chi connectivity index (χ0v) is 30.5. The van der Waals surface area contributed by atoms with Crippen LogP contribution in [-0.4, -0.2) is 59.5 Å². The van der Waals surface area contributed by atoms with Gasteiger partial charge in [-0.3, -0.25) is 4.40 Å². The van der Waals surface area contributed by atoms with Gasteiger partial charge in [-0.15, -0.1) is 0 Å². The highest BCUT2D eigenvalue weighted by atomic mass is 19.2. The van der Waals surface area contributed by atoms with E-state index in [-0.39, 0.29) is 17.5 Å². The molecular formula is C40H49F2N3O5. The first kappa shape index (κ1) is 35.8. The predicted octanol–water partition coefficient (Wildman–Crippen LogP) is 8.92. The number of hydrogen-bond acceptors (Lipinski definition) is 7. The summed E-state index contributed by atoms with van der Waals surface area (Å²) in [5, 5.41) is 0. The van der Waals surface area contributed by atoms with Crippen molar-refractivity contribution in [3.63, 3.8) is 0 Å². The highest BCUT2D eigenvalue weighted by Crippen LogP contribution is 2.42. The second-order valence-corrected chi connectivity index (χ2v) is 15.0. The Kier molecular flexibility index (Phi) is 9.98. The van der Waals surface area contributed by atoms with Gasteiger partial charge in [0.1, 0.15) is 17.2 Å². The quantitative estimate of drug-likeness (QED) is 0.199. The molecule has 0 spiro atoms. The van der Waals surface area contributed by atoms with Crippen LogP contribution in [0, 0.1) is 25.5 Å². The summed E-state index contributed by atoms with van der Waals surface area (Å²) in [7, 11) is 1.39. The monoisotopic (exact) mass is 689 g/mol. The van der Waals surface area contributed by atoms with Crippen LogP contribution in [0.3, 0.4) is 0 Å². The molecule has 3 aliphatic heterocycles. The molecule has 0 aliphatic carbocycles. The second-order valence-electron chi connectivity index (χ2n) is 15.0. The Morgan fingerprint density at radius 3 is 2.44 bits per heavy atom. The first-order valence-corrected chi connectivity index (χ1v) is 17.6. The standard InChI is InChI=1S/C40H49F2N3O5/c1-24-12-9-10-19-48-40(7)15-17-44(18-16-40)37-34(35(38(46)47-8)50-39(4,5)6)25(2)26(3)36-43-32(23-45(36)37)28-14-11-13-27(20-28)29-21-30(41)31(42)22-33(29)49-24/h11,13-14,20-24,35H,9-10,12,15-19H2,1-8H3. The number of anilines is 1. The largest absolute Gasteiger partial charge is 0.490 e. The second kappa shape index (κ2) is 13.9. The maximum atomic E-state index is 14.7. The third-order valence-electron chi connectivity index (χ3n) is 10.0. The summed E-state index contributed by atoms with van der Waals surface area (Å²) in [5.41, 5.74) is 5.00. The van der Waals surface area contributed by atoms with Crippen LogP contribution < -0.4 is 9.64 Å². The number of halogens is 2. The number of imidazole rings is 1. The third-order valence-corrected chi connectivity index (χ3v) is 10.0. The average molecular weight is 690 g/mol. The molecule has 7 rings (SSSR count). The van der Waals surface area contributed by atoms with Crippen LogP contribution in [0.5, 0.6) is 5.75 Å². The molecule has 268 valence electrons. The minimum Gasteiger partial charge on any atom is -0.490 e. The normalized spacial score (nSPS) is 20.8. The molecule has 50 heavy (non-hydrogen) atoms. The van der Waals surface area contributed by atoms with Crippen LogP contribution in [0.4, 0.5) is 14.6 Å². The van der Waals surface area contributed by atoms with Crippen LogP contribution in [0.15, 0.2) is 42.6 Å². The minimum atomic E-state index is -0.975. The lowest BCUT2D eigenvalue weighted by Gasteiger charge is -2.42. The lowest BCUT2D eigenvalue weighted by atomic mass is 9.92. The third kappa shape index (κ3) is 7.23. The molecule has 4 aromatic rings.